The van der Waals surface area contributed by atoms with Gasteiger partial charge in [-0.3, -0.25) is 0 Å². The third-order valence-electron chi connectivity index (χ3n) is 3.31. The number of likely N-dealkylation sites (N-methyl/N-ethyl adjacent to an activating group) is 1. The molecule has 1 atom stereocenters. The Labute approximate surface area is 117 Å². The van der Waals surface area contributed by atoms with Crippen LogP contribution in [0.1, 0.15) is 34.1 Å². The Morgan fingerprint density at radius 2 is 2.16 bits per heavy atom. The number of likely N-dealkylation sites (tertiary alicyclic amines) is 1. The van der Waals surface area contributed by atoms with Gasteiger partial charge >= 0.3 is 6.09 Å². The molecule has 0 radical (unpaired) electrons. The number of hydrogen-bond donors (Lipinski definition) is 1. The molecule has 1 fully saturated rings. The number of rotatable bonds is 5. The van der Waals surface area contributed by atoms with E-state index in [-0.39, 0.29) is 6.09 Å². The minimum Gasteiger partial charge on any atom is -0.444 e. The summed E-state index contributed by atoms with van der Waals surface area (Å²) < 4.78 is 5.38. The molecule has 112 valence electrons. The third kappa shape index (κ3) is 6.25. The lowest BCUT2D eigenvalue weighted by molar-refractivity contribution is 0.0291. The van der Waals surface area contributed by atoms with E-state index in [1.165, 1.54) is 0 Å². The van der Waals surface area contributed by atoms with E-state index in [1.54, 1.807) is 4.90 Å². The summed E-state index contributed by atoms with van der Waals surface area (Å²) in [6.45, 7) is 12.5. The molecule has 1 unspecified atom stereocenters. The quantitative estimate of drug-likeness (QED) is 0.824. The standard InChI is InChI=1S/C14H29N3O2/c1-6-16(5)10-8-15-12-7-9-17(11-12)13(18)19-14(2,3)4/h12,15H,6-11H2,1-5H3. The predicted octanol–water partition coefficient (Wildman–Crippen LogP) is 1.54. The van der Waals surface area contributed by atoms with Crippen molar-refractivity contribution in [3.63, 3.8) is 0 Å². The number of ether oxygens (including phenoxy) is 1. The van der Waals surface area contributed by atoms with Crippen LogP contribution in [-0.2, 0) is 4.74 Å². The first-order valence-electron chi connectivity index (χ1n) is 7.21. The Morgan fingerprint density at radius 1 is 1.47 bits per heavy atom. The van der Waals surface area contributed by atoms with Crippen molar-refractivity contribution in [2.45, 2.75) is 45.8 Å². The van der Waals surface area contributed by atoms with Crippen molar-refractivity contribution in [3.8, 4) is 0 Å². The Morgan fingerprint density at radius 3 is 2.74 bits per heavy atom. The summed E-state index contributed by atoms with van der Waals surface area (Å²) in [6, 6.07) is 0.401. The maximum Gasteiger partial charge on any atom is 0.410 e. The molecular formula is C14H29N3O2. The van der Waals surface area contributed by atoms with Gasteiger partial charge < -0.3 is 19.9 Å². The van der Waals surface area contributed by atoms with Crippen LogP contribution in [0, 0.1) is 0 Å². The summed E-state index contributed by atoms with van der Waals surface area (Å²) in [5.41, 5.74) is -0.410. The van der Waals surface area contributed by atoms with Crippen molar-refractivity contribution in [1.82, 2.24) is 15.1 Å². The van der Waals surface area contributed by atoms with Crippen molar-refractivity contribution in [2.75, 3.05) is 39.8 Å². The SMILES string of the molecule is CCN(C)CCNC1CCN(C(=O)OC(C)(C)C)C1. The van der Waals surface area contributed by atoms with Gasteiger partial charge in [0.05, 0.1) is 0 Å². The normalized spacial score (nSPS) is 20.1. The molecule has 1 saturated heterocycles. The van der Waals surface area contributed by atoms with Gasteiger partial charge in [0.15, 0.2) is 0 Å². The van der Waals surface area contributed by atoms with Gasteiger partial charge in [0.2, 0.25) is 0 Å². The van der Waals surface area contributed by atoms with Gasteiger partial charge in [-0.2, -0.15) is 0 Å². The van der Waals surface area contributed by atoms with E-state index in [0.717, 1.165) is 39.1 Å². The summed E-state index contributed by atoms with van der Waals surface area (Å²) in [5, 5.41) is 3.50. The average molecular weight is 271 g/mol. The van der Waals surface area contributed by atoms with E-state index in [9.17, 15) is 4.79 Å². The van der Waals surface area contributed by atoms with Crippen LogP contribution in [0.3, 0.4) is 0 Å². The van der Waals surface area contributed by atoms with Crippen molar-refractivity contribution in [2.24, 2.45) is 0 Å². The van der Waals surface area contributed by atoms with Gasteiger partial charge in [0.25, 0.3) is 0 Å². The Balaban J connectivity index is 2.24. The van der Waals surface area contributed by atoms with Gasteiger partial charge in [-0.1, -0.05) is 6.92 Å². The highest BCUT2D eigenvalue weighted by atomic mass is 16.6. The minimum atomic E-state index is -0.410. The largest absolute Gasteiger partial charge is 0.444 e. The molecule has 0 aromatic rings. The second-order valence-corrected chi connectivity index (χ2v) is 6.26. The van der Waals surface area contributed by atoms with Crippen LogP contribution in [0.5, 0.6) is 0 Å². The fraction of sp³-hybridized carbons (Fsp3) is 0.929. The number of hydrogen-bond acceptors (Lipinski definition) is 4. The lowest BCUT2D eigenvalue weighted by Gasteiger charge is -2.24. The Hall–Kier alpha value is -0.810. The number of carbonyl (C=O) groups is 1. The van der Waals surface area contributed by atoms with Crippen molar-refractivity contribution >= 4 is 6.09 Å². The average Bonchev–Trinajstić information content (AvgIpc) is 2.75. The topological polar surface area (TPSA) is 44.8 Å². The van der Waals surface area contributed by atoms with E-state index in [0.29, 0.717) is 6.04 Å². The maximum absolute atomic E-state index is 11.9. The zero-order valence-corrected chi connectivity index (χ0v) is 13.0. The van der Waals surface area contributed by atoms with Gasteiger partial charge in [-0.15, -0.1) is 0 Å². The van der Waals surface area contributed by atoms with E-state index < -0.39 is 5.60 Å². The van der Waals surface area contributed by atoms with E-state index in [2.05, 4.69) is 24.2 Å². The molecule has 1 amide bonds. The van der Waals surface area contributed by atoms with E-state index in [4.69, 9.17) is 4.74 Å². The van der Waals surface area contributed by atoms with E-state index in [1.807, 2.05) is 20.8 Å². The summed E-state index contributed by atoms with van der Waals surface area (Å²) >= 11 is 0. The summed E-state index contributed by atoms with van der Waals surface area (Å²) in [6.07, 6.45) is 0.817. The molecule has 1 aliphatic rings. The summed E-state index contributed by atoms with van der Waals surface area (Å²) in [7, 11) is 2.11. The fourth-order valence-electron chi connectivity index (χ4n) is 2.04. The maximum atomic E-state index is 11.9. The zero-order chi connectivity index (χ0) is 14.5. The van der Waals surface area contributed by atoms with Crippen LogP contribution in [0.15, 0.2) is 0 Å². The molecule has 1 heterocycles. The van der Waals surface area contributed by atoms with Crippen molar-refractivity contribution < 1.29 is 9.53 Å². The van der Waals surface area contributed by atoms with Crippen LogP contribution < -0.4 is 5.32 Å². The zero-order valence-electron chi connectivity index (χ0n) is 13.0. The molecule has 0 aromatic carbocycles. The predicted molar refractivity (Wildman–Crippen MR) is 77.4 cm³/mol. The highest BCUT2D eigenvalue weighted by Gasteiger charge is 2.29. The molecule has 5 nitrogen and oxygen atoms in total. The fourth-order valence-corrected chi connectivity index (χ4v) is 2.04. The summed E-state index contributed by atoms with van der Waals surface area (Å²) in [5.74, 6) is 0. The lowest BCUT2D eigenvalue weighted by atomic mass is 10.2. The van der Waals surface area contributed by atoms with Gasteiger partial charge in [0.1, 0.15) is 5.60 Å². The number of nitrogens with zero attached hydrogens (tertiary/aromatic N) is 2. The van der Waals surface area contributed by atoms with Crippen LogP contribution in [0.2, 0.25) is 0 Å². The highest BCUT2D eigenvalue weighted by molar-refractivity contribution is 5.68. The van der Waals surface area contributed by atoms with Crippen LogP contribution in [0.4, 0.5) is 4.79 Å². The van der Waals surface area contributed by atoms with E-state index >= 15 is 0 Å². The monoisotopic (exact) mass is 271 g/mol. The third-order valence-corrected chi connectivity index (χ3v) is 3.31. The first-order valence-corrected chi connectivity index (χ1v) is 7.21. The molecule has 0 spiro atoms. The van der Waals surface area contributed by atoms with Gasteiger partial charge in [-0.25, -0.2) is 4.79 Å². The van der Waals surface area contributed by atoms with Gasteiger partial charge in [-0.05, 0) is 40.8 Å². The Bertz CT molecular complexity index is 289. The van der Waals surface area contributed by atoms with Gasteiger partial charge in [0, 0.05) is 32.2 Å². The molecule has 0 aromatic heterocycles. The molecule has 5 heteroatoms. The second kappa shape index (κ2) is 7.10. The molecular weight excluding hydrogens is 242 g/mol. The van der Waals surface area contributed by atoms with Crippen LogP contribution in [-0.4, -0.2) is 67.3 Å². The number of amides is 1. The molecule has 19 heavy (non-hydrogen) atoms. The van der Waals surface area contributed by atoms with Crippen LogP contribution in [0.25, 0.3) is 0 Å². The minimum absolute atomic E-state index is 0.192. The van der Waals surface area contributed by atoms with Crippen LogP contribution >= 0.6 is 0 Å². The molecule has 1 rings (SSSR count). The molecule has 0 bridgehead atoms. The lowest BCUT2D eigenvalue weighted by Crippen LogP contribution is -2.40. The number of carbonyl (C=O) groups excluding carboxylic acids is 1. The second-order valence-electron chi connectivity index (χ2n) is 6.26. The van der Waals surface area contributed by atoms with Crippen molar-refractivity contribution in [3.05, 3.63) is 0 Å². The first kappa shape index (κ1) is 16.2. The number of nitrogens with one attached hydrogen (secondary N) is 1. The Kier molecular flexibility index (Phi) is 6.07. The van der Waals surface area contributed by atoms with Crippen molar-refractivity contribution in [1.29, 1.82) is 0 Å². The smallest absolute Gasteiger partial charge is 0.410 e. The molecule has 0 saturated carbocycles. The molecule has 1 N–H and O–H groups in total. The summed E-state index contributed by atoms with van der Waals surface area (Å²) in [4.78, 5) is 16.0. The first-order chi connectivity index (χ1) is 8.81. The molecule has 1 aliphatic heterocycles. The highest BCUT2D eigenvalue weighted by Crippen LogP contribution is 2.15. The molecule has 0 aliphatic carbocycles.